The minimum atomic E-state index is 0.0811. The lowest BCUT2D eigenvalue weighted by atomic mass is 10.1. The topological polar surface area (TPSA) is 44.5 Å². The van der Waals surface area contributed by atoms with Crippen molar-refractivity contribution >= 4 is 0 Å². The first-order chi connectivity index (χ1) is 9.76. The normalized spacial score (nSPS) is 16.6. The zero-order valence-electron chi connectivity index (χ0n) is 11.6. The monoisotopic (exact) mass is 269 g/mol. The summed E-state index contributed by atoms with van der Waals surface area (Å²) < 4.78 is 11.8. The summed E-state index contributed by atoms with van der Waals surface area (Å²) in [5.41, 5.74) is 9.27. The minimum absolute atomic E-state index is 0.0811. The fourth-order valence-corrected chi connectivity index (χ4v) is 2.54. The number of hydrogen-bond acceptors (Lipinski definition) is 3. The molecule has 0 aliphatic carbocycles. The largest absolute Gasteiger partial charge is 0.489 e. The Morgan fingerprint density at radius 3 is 2.95 bits per heavy atom. The predicted octanol–water partition coefficient (Wildman–Crippen LogP) is 2.84. The molecule has 1 aliphatic rings. The van der Waals surface area contributed by atoms with E-state index in [4.69, 9.17) is 15.2 Å². The number of fused-ring (bicyclic) bond motifs is 1. The quantitative estimate of drug-likeness (QED) is 0.928. The maximum absolute atomic E-state index is 5.90. The lowest BCUT2D eigenvalue weighted by Crippen LogP contribution is -2.22. The maximum atomic E-state index is 5.90. The molecule has 0 radical (unpaired) electrons. The molecule has 3 heteroatoms. The van der Waals surface area contributed by atoms with Crippen molar-refractivity contribution in [1.29, 1.82) is 0 Å². The van der Waals surface area contributed by atoms with E-state index in [-0.39, 0.29) is 6.10 Å². The van der Waals surface area contributed by atoms with E-state index in [1.165, 1.54) is 11.1 Å². The van der Waals surface area contributed by atoms with Crippen molar-refractivity contribution < 1.29 is 9.47 Å². The molecule has 1 heterocycles. The number of hydrogen-bond donors (Lipinski definition) is 1. The molecule has 0 saturated heterocycles. The predicted molar refractivity (Wildman–Crippen MR) is 79.1 cm³/mol. The van der Waals surface area contributed by atoms with E-state index in [1.807, 2.05) is 30.3 Å². The van der Waals surface area contributed by atoms with Gasteiger partial charge >= 0.3 is 0 Å². The first kappa shape index (κ1) is 13.0. The number of para-hydroxylation sites is 1. The summed E-state index contributed by atoms with van der Waals surface area (Å²) in [4.78, 5) is 0. The Hall–Kier alpha value is -2.00. The summed E-state index contributed by atoms with van der Waals surface area (Å²) in [5, 5.41) is 0. The number of ether oxygens (including phenoxy) is 2. The van der Waals surface area contributed by atoms with Crippen LogP contribution < -0.4 is 15.2 Å². The maximum Gasteiger partial charge on any atom is 0.137 e. The first-order valence-corrected chi connectivity index (χ1v) is 6.93. The van der Waals surface area contributed by atoms with Crippen LogP contribution in [-0.4, -0.2) is 12.7 Å². The van der Waals surface area contributed by atoms with Crippen LogP contribution in [-0.2, 0) is 13.0 Å². The van der Waals surface area contributed by atoms with Crippen molar-refractivity contribution in [2.45, 2.75) is 26.0 Å². The third-order valence-corrected chi connectivity index (χ3v) is 3.57. The van der Waals surface area contributed by atoms with Gasteiger partial charge in [0.1, 0.15) is 24.2 Å². The molecule has 0 saturated carbocycles. The van der Waals surface area contributed by atoms with Crippen LogP contribution in [0.1, 0.15) is 16.7 Å². The zero-order valence-corrected chi connectivity index (χ0v) is 11.6. The third-order valence-electron chi connectivity index (χ3n) is 3.57. The summed E-state index contributed by atoms with van der Waals surface area (Å²) in [6, 6.07) is 14.2. The zero-order chi connectivity index (χ0) is 13.9. The van der Waals surface area contributed by atoms with Crippen molar-refractivity contribution in [2.75, 3.05) is 6.61 Å². The van der Waals surface area contributed by atoms with E-state index in [1.54, 1.807) is 0 Å². The average Bonchev–Trinajstić information content (AvgIpc) is 2.87. The van der Waals surface area contributed by atoms with Crippen molar-refractivity contribution in [1.82, 2.24) is 0 Å². The van der Waals surface area contributed by atoms with Gasteiger partial charge in [0.05, 0.1) is 0 Å². The summed E-state index contributed by atoms with van der Waals surface area (Å²) >= 11 is 0. The number of nitrogens with two attached hydrogens (primary N) is 1. The number of benzene rings is 2. The molecular weight excluding hydrogens is 250 g/mol. The second kappa shape index (κ2) is 5.55. The van der Waals surface area contributed by atoms with Gasteiger partial charge in [0.2, 0.25) is 0 Å². The fraction of sp³-hybridized carbons (Fsp3) is 0.294. The van der Waals surface area contributed by atoms with E-state index in [9.17, 15) is 0 Å². The fourth-order valence-electron chi connectivity index (χ4n) is 2.54. The van der Waals surface area contributed by atoms with Crippen LogP contribution in [0.2, 0.25) is 0 Å². The van der Waals surface area contributed by atoms with Crippen LogP contribution in [0, 0.1) is 6.92 Å². The summed E-state index contributed by atoms with van der Waals surface area (Å²) in [7, 11) is 0. The molecule has 1 unspecified atom stereocenters. The van der Waals surface area contributed by atoms with E-state index in [0.29, 0.717) is 13.2 Å². The van der Waals surface area contributed by atoms with Gasteiger partial charge in [-0.15, -0.1) is 0 Å². The second-order valence-corrected chi connectivity index (χ2v) is 5.18. The van der Waals surface area contributed by atoms with Gasteiger partial charge in [-0.05, 0) is 24.6 Å². The van der Waals surface area contributed by atoms with Gasteiger partial charge in [0, 0.05) is 18.5 Å². The third kappa shape index (κ3) is 2.63. The van der Waals surface area contributed by atoms with E-state index >= 15 is 0 Å². The van der Waals surface area contributed by atoms with Crippen LogP contribution in [0.4, 0.5) is 0 Å². The highest BCUT2D eigenvalue weighted by atomic mass is 16.5. The lowest BCUT2D eigenvalue weighted by Gasteiger charge is -2.14. The highest BCUT2D eigenvalue weighted by Gasteiger charge is 2.23. The molecule has 20 heavy (non-hydrogen) atoms. The summed E-state index contributed by atoms with van der Waals surface area (Å²) in [5.74, 6) is 1.84. The molecule has 1 aliphatic heterocycles. The molecule has 1 atom stereocenters. The molecule has 0 aromatic heterocycles. The van der Waals surface area contributed by atoms with E-state index in [0.717, 1.165) is 23.5 Å². The van der Waals surface area contributed by atoms with Crippen LogP contribution in [0.5, 0.6) is 11.5 Å². The number of aryl methyl sites for hydroxylation is 1. The highest BCUT2D eigenvalue weighted by Crippen LogP contribution is 2.30. The first-order valence-electron chi connectivity index (χ1n) is 6.93. The lowest BCUT2D eigenvalue weighted by molar-refractivity contribution is 0.148. The van der Waals surface area contributed by atoms with Gasteiger partial charge in [-0.25, -0.2) is 0 Å². The Morgan fingerprint density at radius 2 is 2.10 bits per heavy atom. The molecule has 2 aromatic carbocycles. The Labute approximate surface area is 119 Å². The Kier molecular flexibility index (Phi) is 3.61. The summed E-state index contributed by atoms with van der Waals surface area (Å²) in [6.45, 7) is 3.13. The van der Waals surface area contributed by atoms with Crippen molar-refractivity contribution in [2.24, 2.45) is 5.73 Å². The van der Waals surface area contributed by atoms with Crippen LogP contribution in [0.25, 0.3) is 0 Å². The molecule has 3 rings (SSSR count). The van der Waals surface area contributed by atoms with Crippen molar-refractivity contribution in [3.8, 4) is 11.5 Å². The van der Waals surface area contributed by atoms with Gasteiger partial charge in [0.15, 0.2) is 0 Å². The highest BCUT2D eigenvalue weighted by molar-refractivity contribution is 5.40. The molecular formula is C17H19NO2. The molecule has 0 spiro atoms. The van der Waals surface area contributed by atoms with Crippen molar-refractivity contribution in [3.63, 3.8) is 0 Å². The summed E-state index contributed by atoms with van der Waals surface area (Å²) in [6.07, 6.45) is 0.986. The van der Waals surface area contributed by atoms with Gasteiger partial charge < -0.3 is 15.2 Å². The number of rotatable bonds is 4. The Bertz CT molecular complexity index is 610. The van der Waals surface area contributed by atoms with E-state index < -0.39 is 0 Å². The Morgan fingerprint density at radius 1 is 1.25 bits per heavy atom. The molecule has 2 aromatic rings. The second-order valence-electron chi connectivity index (χ2n) is 5.18. The molecule has 0 amide bonds. The molecule has 2 N–H and O–H groups in total. The van der Waals surface area contributed by atoms with Crippen LogP contribution in [0.15, 0.2) is 42.5 Å². The van der Waals surface area contributed by atoms with E-state index in [2.05, 4.69) is 19.1 Å². The van der Waals surface area contributed by atoms with Gasteiger partial charge in [-0.2, -0.15) is 0 Å². The smallest absolute Gasteiger partial charge is 0.137 e. The standard InChI is InChI=1S/C17H19NO2/c1-12-6-7-17-14(8-12)9-15(20-17)11-19-16-5-3-2-4-13(16)10-18/h2-8,15H,9-11,18H2,1H3. The molecule has 0 fully saturated rings. The molecule has 0 bridgehead atoms. The van der Waals surface area contributed by atoms with Gasteiger partial charge in [-0.1, -0.05) is 35.9 Å². The molecule has 3 nitrogen and oxygen atoms in total. The van der Waals surface area contributed by atoms with Crippen LogP contribution >= 0.6 is 0 Å². The van der Waals surface area contributed by atoms with Gasteiger partial charge in [0.25, 0.3) is 0 Å². The van der Waals surface area contributed by atoms with Crippen molar-refractivity contribution in [3.05, 3.63) is 59.2 Å². The SMILES string of the molecule is Cc1ccc2c(c1)CC(COc1ccccc1CN)O2. The molecule has 104 valence electrons. The average molecular weight is 269 g/mol. The Balaban J connectivity index is 1.64. The minimum Gasteiger partial charge on any atom is -0.489 e. The van der Waals surface area contributed by atoms with Crippen LogP contribution in [0.3, 0.4) is 0 Å². The van der Waals surface area contributed by atoms with Gasteiger partial charge in [-0.3, -0.25) is 0 Å².